The lowest BCUT2D eigenvalue weighted by atomic mass is 10.1. The van der Waals surface area contributed by atoms with Crippen molar-refractivity contribution in [1.82, 2.24) is 10.2 Å². The molecule has 0 fully saturated rings. The first kappa shape index (κ1) is 14.8. The van der Waals surface area contributed by atoms with Crippen LogP contribution >= 0.6 is 23.2 Å². The second-order valence-corrected chi connectivity index (χ2v) is 5.58. The Kier molecular flexibility index (Phi) is 3.96. The molecule has 0 aliphatic rings. The number of carbonyl (C=O) groups excluding carboxylic acids is 1. The largest absolute Gasteiger partial charge is 0.322 e. The van der Waals surface area contributed by atoms with Crippen LogP contribution in [0.3, 0.4) is 0 Å². The van der Waals surface area contributed by atoms with Crippen LogP contribution in [0.5, 0.6) is 0 Å². The van der Waals surface area contributed by atoms with Gasteiger partial charge < -0.3 is 5.32 Å². The van der Waals surface area contributed by atoms with E-state index in [0.717, 1.165) is 11.3 Å². The molecule has 3 rings (SSSR count). The molecule has 2 aromatic carbocycles. The van der Waals surface area contributed by atoms with Gasteiger partial charge in [0.2, 0.25) is 0 Å². The number of nitrogens with one attached hydrogen (secondary N) is 1. The molecule has 0 aliphatic carbocycles. The van der Waals surface area contributed by atoms with Gasteiger partial charge in [-0.15, -0.1) is 10.2 Å². The summed E-state index contributed by atoms with van der Waals surface area (Å²) in [4.78, 5) is 12.3. The van der Waals surface area contributed by atoms with Gasteiger partial charge in [0.25, 0.3) is 5.91 Å². The Labute approximate surface area is 137 Å². The summed E-state index contributed by atoms with van der Waals surface area (Å²) in [5.74, 6) is -0.225. The fourth-order valence-electron chi connectivity index (χ4n) is 2.16. The second-order valence-electron chi connectivity index (χ2n) is 4.87. The molecule has 0 saturated heterocycles. The molecule has 0 atom stereocenters. The number of halogens is 2. The van der Waals surface area contributed by atoms with Crippen LogP contribution in [-0.4, -0.2) is 16.1 Å². The number of aryl methyl sites for hydroxylation is 1. The van der Waals surface area contributed by atoms with Crippen molar-refractivity contribution in [2.45, 2.75) is 6.92 Å². The Morgan fingerprint density at radius 2 is 1.73 bits per heavy atom. The number of anilines is 1. The molecule has 0 saturated carbocycles. The standard InChI is InChI=1S/C16H11Cl2N3O/c1-9-3-2-4-11(7-9)19-16(22)10-5-6-12-13(8-10)15(18)21-20-14(12)17/h2-8H,1H3,(H,19,22). The molecule has 1 amide bonds. The van der Waals surface area contributed by atoms with E-state index in [4.69, 9.17) is 23.2 Å². The number of hydrogen-bond acceptors (Lipinski definition) is 3. The zero-order chi connectivity index (χ0) is 15.7. The minimum absolute atomic E-state index is 0.213. The van der Waals surface area contributed by atoms with E-state index >= 15 is 0 Å². The topological polar surface area (TPSA) is 54.9 Å². The Bertz CT molecular complexity index is 880. The fraction of sp³-hybridized carbons (Fsp3) is 0.0625. The molecule has 1 heterocycles. The lowest BCUT2D eigenvalue weighted by Gasteiger charge is -2.08. The predicted molar refractivity (Wildman–Crippen MR) is 88.7 cm³/mol. The van der Waals surface area contributed by atoms with Gasteiger partial charge in [-0.3, -0.25) is 4.79 Å². The monoisotopic (exact) mass is 331 g/mol. The lowest BCUT2D eigenvalue weighted by Crippen LogP contribution is -2.11. The summed E-state index contributed by atoms with van der Waals surface area (Å²) in [5.41, 5.74) is 2.28. The van der Waals surface area contributed by atoms with E-state index in [2.05, 4.69) is 15.5 Å². The van der Waals surface area contributed by atoms with Gasteiger partial charge in [-0.2, -0.15) is 0 Å². The molecule has 1 aromatic heterocycles. The summed E-state index contributed by atoms with van der Waals surface area (Å²) < 4.78 is 0. The highest BCUT2D eigenvalue weighted by Crippen LogP contribution is 2.27. The number of hydrogen-bond donors (Lipinski definition) is 1. The zero-order valence-corrected chi connectivity index (χ0v) is 13.1. The summed E-state index contributed by atoms with van der Waals surface area (Å²) in [6, 6.07) is 12.6. The first-order chi connectivity index (χ1) is 10.5. The maximum Gasteiger partial charge on any atom is 0.255 e. The van der Waals surface area contributed by atoms with E-state index in [9.17, 15) is 4.79 Å². The van der Waals surface area contributed by atoms with Gasteiger partial charge in [0.1, 0.15) is 0 Å². The number of benzene rings is 2. The van der Waals surface area contributed by atoms with Gasteiger partial charge in [-0.25, -0.2) is 0 Å². The highest BCUT2D eigenvalue weighted by atomic mass is 35.5. The highest BCUT2D eigenvalue weighted by molar-refractivity contribution is 6.38. The molecule has 110 valence electrons. The number of rotatable bonds is 2. The second kappa shape index (κ2) is 5.91. The minimum atomic E-state index is -0.225. The van der Waals surface area contributed by atoms with Crippen molar-refractivity contribution in [2.24, 2.45) is 0 Å². The van der Waals surface area contributed by atoms with E-state index < -0.39 is 0 Å². The summed E-state index contributed by atoms with van der Waals surface area (Å²) in [7, 11) is 0. The Hall–Kier alpha value is -2.17. The number of fused-ring (bicyclic) bond motifs is 1. The maximum absolute atomic E-state index is 12.3. The molecule has 22 heavy (non-hydrogen) atoms. The average Bonchev–Trinajstić information content (AvgIpc) is 2.51. The molecular formula is C16H11Cl2N3O. The van der Waals surface area contributed by atoms with Crippen molar-refractivity contribution in [1.29, 1.82) is 0 Å². The molecule has 0 unspecified atom stereocenters. The van der Waals surface area contributed by atoms with Gasteiger partial charge in [-0.05, 0) is 36.8 Å². The predicted octanol–water partition coefficient (Wildman–Crippen LogP) is 4.50. The number of amides is 1. The minimum Gasteiger partial charge on any atom is -0.322 e. The molecule has 4 nitrogen and oxygen atoms in total. The Morgan fingerprint density at radius 3 is 2.45 bits per heavy atom. The summed E-state index contributed by atoms with van der Waals surface area (Å²) in [6.45, 7) is 1.96. The van der Waals surface area contributed by atoms with Crippen LogP contribution in [-0.2, 0) is 0 Å². The van der Waals surface area contributed by atoms with Crippen LogP contribution in [0.1, 0.15) is 15.9 Å². The third kappa shape index (κ3) is 2.89. The Balaban J connectivity index is 1.96. The van der Waals surface area contributed by atoms with Crippen LogP contribution < -0.4 is 5.32 Å². The van der Waals surface area contributed by atoms with E-state index in [-0.39, 0.29) is 16.2 Å². The molecule has 0 bridgehead atoms. The van der Waals surface area contributed by atoms with Gasteiger partial charge >= 0.3 is 0 Å². The first-order valence-electron chi connectivity index (χ1n) is 6.54. The summed E-state index contributed by atoms with van der Waals surface area (Å²) in [5, 5.41) is 12.1. The van der Waals surface area contributed by atoms with Crippen LogP contribution in [0, 0.1) is 6.92 Å². The third-order valence-corrected chi connectivity index (χ3v) is 3.79. The molecule has 1 N–H and O–H groups in total. The Morgan fingerprint density at radius 1 is 1.00 bits per heavy atom. The first-order valence-corrected chi connectivity index (χ1v) is 7.29. The van der Waals surface area contributed by atoms with Gasteiger partial charge in [0, 0.05) is 22.0 Å². The summed E-state index contributed by atoms with van der Waals surface area (Å²) in [6.07, 6.45) is 0. The normalized spacial score (nSPS) is 10.7. The van der Waals surface area contributed by atoms with E-state index in [1.165, 1.54) is 0 Å². The van der Waals surface area contributed by atoms with Crippen LogP contribution in [0.4, 0.5) is 5.69 Å². The van der Waals surface area contributed by atoms with Crippen molar-refractivity contribution in [3.63, 3.8) is 0 Å². The van der Waals surface area contributed by atoms with Crippen LogP contribution in [0.15, 0.2) is 42.5 Å². The number of nitrogens with zero attached hydrogens (tertiary/aromatic N) is 2. The lowest BCUT2D eigenvalue weighted by molar-refractivity contribution is 0.102. The van der Waals surface area contributed by atoms with Crippen molar-refractivity contribution in [2.75, 3.05) is 5.32 Å². The quantitative estimate of drug-likeness (QED) is 0.752. The van der Waals surface area contributed by atoms with Crippen molar-refractivity contribution in [3.05, 3.63) is 63.9 Å². The molecular weight excluding hydrogens is 321 g/mol. The number of aromatic nitrogens is 2. The van der Waals surface area contributed by atoms with Gasteiger partial charge in [-0.1, -0.05) is 41.4 Å². The van der Waals surface area contributed by atoms with E-state index in [1.54, 1.807) is 18.2 Å². The molecule has 0 radical (unpaired) electrons. The average molecular weight is 332 g/mol. The smallest absolute Gasteiger partial charge is 0.255 e. The van der Waals surface area contributed by atoms with Crippen molar-refractivity contribution >= 4 is 45.6 Å². The maximum atomic E-state index is 12.3. The van der Waals surface area contributed by atoms with Crippen LogP contribution in [0.25, 0.3) is 10.8 Å². The zero-order valence-electron chi connectivity index (χ0n) is 11.6. The SMILES string of the molecule is Cc1cccc(NC(=O)c2ccc3c(Cl)nnc(Cl)c3c2)c1. The van der Waals surface area contributed by atoms with Crippen molar-refractivity contribution < 1.29 is 4.79 Å². The molecule has 3 aromatic rings. The molecule has 0 spiro atoms. The number of carbonyl (C=O) groups is 1. The molecule has 0 aliphatic heterocycles. The third-order valence-electron chi connectivity index (χ3n) is 3.23. The van der Waals surface area contributed by atoms with E-state index in [1.807, 2.05) is 31.2 Å². The van der Waals surface area contributed by atoms with Crippen LogP contribution in [0.2, 0.25) is 10.3 Å². The fourth-order valence-corrected chi connectivity index (χ4v) is 2.55. The highest BCUT2D eigenvalue weighted by Gasteiger charge is 2.11. The summed E-state index contributed by atoms with van der Waals surface area (Å²) >= 11 is 12.0. The van der Waals surface area contributed by atoms with E-state index in [0.29, 0.717) is 16.3 Å². The van der Waals surface area contributed by atoms with Crippen molar-refractivity contribution in [3.8, 4) is 0 Å². The van der Waals surface area contributed by atoms with Gasteiger partial charge in [0.05, 0.1) is 0 Å². The molecule has 6 heteroatoms. The van der Waals surface area contributed by atoms with Gasteiger partial charge in [0.15, 0.2) is 10.3 Å².